The Labute approximate surface area is 225 Å². The molecule has 0 aliphatic carbocycles. The fraction of sp³-hybridized carbons (Fsp3) is 0.357. The van der Waals surface area contributed by atoms with E-state index in [1.54, 1.807) is 48.5 Å². The van der Waals surface area contributed by atoms with Crippen LogP contribution in [-0.4, -0.2) is 80.2 Å². The first kappa shape index (κ1) is 27.8. The molecule has 2 heterocycles. The Morgan fingerprint density at radius 3 is 2.54 bits per heavy atom. The van der Waals surface area contributed by atoms with E-state index in [0.29, 0.717) is 36.4 Å². The second kappa shape index (κ2) is 13.5. The van der Waals surface area contributed by atoms with Gasteiger partial charge in [-0.15, -0.1) is 0 Å². The molecular formula is C28H31N3O8. The van der Waals surface area contributed by atoms with Gasteiger partial charge in [0, 0.05) is 48.6 Å². The van der Waals surface area contributed by atoms with Gasteiger partial charge in [-0.25, -0.2) is 9.59 Å². The summed E-state index contributed by atoms with van der Waals surface area (Å²) in [5.41, 5.74) is 2.13. The van der Waals surface area contributed by atoms with Crippen LogP contribution >= 0.6 is 0 Å². The molecule has 11 nitrogen and oxygen atoms in total. The van der Waals surface area contributed by atoms with Gasteiger partial charge in [-0.1, -0.05) is 35.9 Å². The van der Waals surface area contributed by atoms with Gasteiger partial charge in [0.15, 0.2) is 0 Å². The molecule has 1 unspecified atom stereocenters. The number of fused-ring (bicyclic) bond motifs is 1. The van der Waals surface area contributed by atoms with E-state index in [0.717, 1.165) is 24.0 Å². The largest absolute Gasteiger partial charge is 0.511 e. The Hall–Kier alpha value is -4.22. The summed E-state index contributed by atoms with van der Waals surface area (Å²) in [5, 5.41) is 3.40. The molecule has 39 heavy (non-hydrogen) atoms. The van der Waals surface area contributed by atoms with Crippen LogP contribution in [0.3, 0.4) is 0 Å². The zero-order chi connectivity index (χ0) is 27.6. The maximum Gasteiger partial charge on any atom is 0.511 e. The van der Waals surface area contributed by atoms with Gasteiger partial charge in [0.2, 0.25) is 12.4 Å². The molecule has 1 aliphatic heterocycles. The van der Waals surface area contributed by atoms with E-state index in [2.05, 4.69) is 15.2 Å². The van der Waals surface area contributed by atoms with Gasteiger partial charge in [0.1, 0.15) is 12.6 Å². The van der Waals surface area contributed by atoms with Crippen molar-refractivity contribution < 1.29 is 33.3 Å². The first-order chi connectivity index (χ1) is 18.9. The van der Waals surface area contributed by atoms with Gasteiger partial charge < -0.3 is 29.2 Å². The third-order valence-corrected chi connectivity index (χ3v) is 6.27. The quantitative estimate of drug-likeness (QED) is 0.295. The van der Waals surface area contributed by atoms with Crippen molar-refractivity contribution in [2.24, 2.45) is 0 Å². The van der Waals surface area contributed by atoms with E-state index < -0.39 is 30.9 Å². The van der Waals surface area contributed by atoms with Gasteiger partial charge in [-0.2, -0.15) is 0 Å². The molecule has 1 aliphatic rings. The van der Waals surface area contributed by atoms with Gasteiger partial charge in [-0.05, 0) is 30.7 Å². The number of amides is 1. The van der Waals surface area contributed by atoms with E-state index in [-0.39, 0.29) is 18.6 Å². The predicted molar refractivity (Wildman–Crippen MR) is 141 cm³/mol. The average Bonchev–Trinajstić information content (AvgIpc) is 2.93. The lowest BCUT2D eigenvalue weighted by molar-refractivity contribution is -0.155. The molecule has 1 saturated heterocycles. The van der Waals surface area contributed by atoms with E-state index in [1.807, 2.05) is 6.92 Å². The molecule has 206 valence electrons. The van der Waals surface area contributed by atoms with Crippen molar-refractivity contribution >= 4 is 28.9 Å². The van der Waals surface area contributed by atoms with Crippen LogP contribution in [0.25, 0.3) is 10.9 Å². The van der Waals surface area contributed by atoms with Crippen molar-refractivity contribution in [2.45, 2.75) is 19.4 Å². The molecule has 3 aromatic rings. The van der Waals surface area contributed by atoms with Crippen LogP contribution < -0.4 is 10.9 Å². The lowest BCUT2D eigenvalue weighted by atomic mass is 10.0. The SMILES string of the molecule is Cc1ccc(C(=O)NC(Cc2cc(=O)[nH]c3ccccc23)C(=O)OCOC(=O)OCCN2CCOCC2)cc1. The Morgan fingerprint density at radius 1 is 1.03 bits per heavy atom. The third kappa shape index (κ3) is 8.13. The predicted octanol–water partition coefficient (Wildman–Crippen LogP) is 2.16. The molecule has 11 heteroatoms. The number of carbonyl (C=O) groups excluding carboxylic acids is 3. The van der Waals surface area contributed by atoms with Gasteiger partial charge in [0.05, 0.1) is 13.2 Å². The first-order valence-corrected chi connectivity index (χ1v) is 12.6. The normalized spacial score (nSPS) is 14.4. The molecule has 0 radical (unpaired) electrons. The molecule has 1 amide bonds. The average molecular weight is 538 g/mol. The van der Waals surface area contributed by atoms with Crippen molar-refractivity contribution in [1.82, 2.24) is 15.2 Å². The minimum Gasteiger partial charge on any atom is -0.433 e. The number of morpholine rings is 1. The van der Waals surface area contributed by atoms with E-state index in [9.17, 15) is 19.2 Å². The molecule has 1 fully saturated rings. The number of aromatic amines is 1. The van der Waals surface area contributed by atoms with Crippen LogP contribution in [0.5, 0.6) is 0 Å². The zero-order valence-electron chi connectivity index (χ0n) is 21.6. The molecular weight excluding hydrogens is 506 g/mol. The highest BCUT2D eigenvalue weighted by Gasteiger charge is 2.25. The molecule has 0 bridgehead atoms. The number of pyridine rings is 1. The number of H-pyrrole nitrogens is 1. The summed E-state index contributed by atoms with van der Waals surface area (Å²) < 4.78 is 20.3. The van der Waals surface area contributed by atoms with Crippen LogP contribution in [0.4, 0.5) is 4.79 Å². The maximum atomic E-state index is 13.0. The Kier molecular flexibility index (Phi) is 9.65. The molecule has 2 N–H and O–H groups in total. The first-order valence-electron chi connectivity index (χ1n) is 12.6. The monoisotopic (exact) mass is 537 g/mol. The Bertz CT molecular complexity index is 1350. The second-order valence-electron chi connectivity index (χ2n) is 9.08. The highest BCUT2D eigenvalue weighted by Crippen LogP contribution is 2.17. The van der Waals surface area contributed by atoms with E-state index in [4.69, 9.17) is 18.9 Å². The van der Waals surface area contributed by atoms with Gasteiger partial charge in [-0.3, -0.25) is 14.5 Å². The van der Waals surface area contributed by atoms with Crippen molar-refractivity contribution in [1.29, 1.82) is 0 Å². The topological polar surface area (TPSA) is 136 Å². The van der Waals surface area contributed by atoms with Crippen molar-refractivity contribution in [3.05, 3.63) is 81.6 Å². The van der Waals surface area contributed by atoms with Gasteiger partial charge >= 0.3 is 12.1 Å². The van der Waals surface area contributed by atoms with Crippen LogP contribution in [0.2, 0.25) is 0 Å². The second-order valence-corrected chi connectivity index (χ2v) is 9.08. The fourth-order valence-corrected chi connectivity index (χ4v) is 4.17. The van der Waals surface area contributed by atoms with Crippen molar-refractivity contribution in [3.8, 4) is 0 Å². The summed E-state index contributed by atoms with van der Waals surface area (Å²) >= 11 is 0. The molecule has 0 saturated carbocycles. The Morgan fingerprint density at radius 2 is 1.77 bits per heavy atom. The number of aryl methyl sites for hydroxylation is 1. The van der Waals surface area contributed by atoms with Crippen molar-refractivity contribution in [3.63, 3.8) is 0 Å². The molecule has 0 spiro atoms. The molecule has 4 rings (SSSR count). The lowest BCUT2D eigenvalue weighted by Crippen LogP contribution is -2.44. The standard InChI is InChI=1S/C28H31N3O8/c1-19-6-8-20(9-7-19)26(33)30-24(16-21-17-25(32)29-23-5-3-2-4-22(21)23)27(34)38-18-39-28(35)37-15-12-31-10-13-36-14-11-31/h2-9,17,24H,10-16,18H2,1H3,(H,29,32)(H,30,33). The summed E-state index contributed by atoms with van der Waals surface area (Å²) in [6.07, 6.45) is -0.998. The minimum atomic E-state index is -1.16. The zero-order valence-corrected chi connectivity index (χ0v) is 21.6. The van der Waals surface area contributed by atoms with E-state index >= 15 is 0 Å². The third-order valence-electron chi connectivity index (χ3n) is 6.27. The van der Waals surface area contributed by atoms with Crippen LogP contribution in [0.15, 0.2) is 59.4 Å². The fourth-order valence-electron chi connectivity index (χ4n) is 4.17. The minimum absolute atomic E-state index is 0.0230. The van der Waals surface area contributed by atoms with Gasteiger partial charge in [0.25, 0.3) is 5.91 Å². The number of hydrogen-bond acceptors (Lipinski definition) is 9. The number of rotatable bonds is 10. The number of para-hydroxylation sites is 1. The summed E-state index contributed by atoms with van der Waals surface area (Å²) in [6, 6.07) is 14.2. The van der Waals surface area contributed by atoms with E-state index in [1.165, 1.54) is 6.07 Å². The molecule has 1 aromatic heterocycles. The number of nitrogens with zero attached hydrogens (tertiary/aromatic N) is 1. The summed E-state index contributed by atoms with van der Waals surface area (Å²) in [6.45, 7) is 4.65. The molecule has 1 atom stereocenters. The summed E-state index contributed by atoms with van der Waals surface area (Å²) in [7, 11) is 0. The number of nitrogens with one attached hydrogen (secondary N) is 2. The number of ether oxygens (including phenoxy) is 4. The number of aromatic nitrogens is 1. The highest BCUT2D eigenvalue weighted by atomic mass is 16.8. The highest BCUT2D eigenvalue weighted by molar-refractivity contribution is 5.97. The van der Waals surface area contributed by atoms with Crippen molar-refractivity contribution in [2.75, 3.05) is 46.2 Å². The number of esters is 1. The molecule has 2 aromatic carbocycles. The lowest BCUT2D eigenvalue weighted by Gasteiger charge is -2.25. The summed E-state index contributed by atoms with van der Waals surface area (Å²) in [4.78, 5) is 54.9. The smallest absolute Gasteiger partial charge is 0.433 e. The van der Waals surface area contributed by atoms with Crippen LogP contribution in [0.1, 0.15) is 21.5 Å². The van der Waals surface area contributed by atoms with Crippen LogP contribution in [-0.2, 0) is 30.2 Å². The summed E-state index contributed by atoms with van der Waals surface area (Å²) in [5.74, 6) is -1.32. The number of carbonyl (C=O) groups is 3. The Balaban J connectivity index is 1.38. The van der Waals surface area contributed by atoms with Crippen LogP contribution in [0, 0.1) is 6.92 Å². The number of benzene rings is 2. The number of hydrogen-bond donors (Lipinski definition) is 2. The maximum absolute atomic E-state index is 13.0.